The zero-order chi connectivity index (χ0) is 13.8. The number of carbonyl (C=O) groups is 1. The molecule has 0 fully saturated rings. The quantitative estimate of drug-likeness (QED) is 0.681. The van der Waals surface area contributed by atoms with Gasteiger partial charge in [-0.05, 0) is 17.7 Å². The molecule has 18 heavy (non-hydrogen) atoms. The summed E-state index contributed by atoms with van der Waals surface area (Å²) in [5.74, 6) is -0.575. The lowest BCUT2D eigenvalue weighted by atomic mass is 10.2. The molecule has 0 spiro atoms. The van der Waals surface area contributed by atoms with Gasteiger partial charge in [-0.15, -0.1) is 0 Å². The summed E-state index contributed by atoms with van der Waals surface area (Å²) in [6, 6.07) is 4.27. The summed E-state index contributed by atoms with van der Waals surface area (Å²) in [6.07, 6.45) is -0.0617. The summed E-state index contributed by atoms with van der Waals surface area (Å²) in [6.45, 7) is 0.183. The molecule has 0 unspecified atom stereocenters. The van der Waals surface area contributed by atoms with Crippen LogP contribution in [-0.4, -0.2) is 20.9 Å². The fraction of sp³-hybridized carbons (Fsp3) is 0.300. The zero-order valence-electron chi connectivity index (χ0n) is 9.52. The van der Waals surface area contributed by atoms with E-state index in [4.69, 9.17) is 23.1 Å². The number of primary amides is 1. The number of halogens is 1. The van der Waals surface area contributed by atoms with Gasteiger partial charge in [0.05, 0.1) is 4.90 Å². The van der Waals surface area contributed by atoms with Crippen LogP contribution in [0.25, 0.3) is 0 Å². The molecule has 0 aliphatic heterocycles. The van der Waals surface area contributed by atoms with Crippen LogP contribution in [0, 0.1) is 0 Å². The Bertz CT molecular complexity index is 545. The van der Waals surface area contributed by atoms with Crippen molar-refractivity contribution in [2.45, 2.75) is 17.9 Å². The Morgan fingerprint density at radius 1 is 1.39 bits per heavy atom. The van der Waals surface area contributed by atoms with Gasteiger partial charge in [0.2, 0.25) is 15.9 Å². The Balaban J connectivity index is 2.85. The van der Waals surface area contributed by atoms with E-state index >= 15 is 0 Å². The second-order valence-corrected chi connectivity index (χ2v) is 5.75. The average Bonchev–Trinajstić information content (AvgIpc) is 2.28. The highest BCUT2D eigenvalue weighted by atomic mass is 35.5. The van der Waals surface area contributed by atoms with E-state index in [1.54, 1.807) is 6.07 Å². The van der Waals surface area contributed by atoms with E-state index in [2.05, 4.69) is 4.72 Å². The monoisotopic (exact) mass is 291 g/mol. The Morgan fingerprint density at radius 3 is 2.56 bits per heavy atom. The van der Waals surface area contributed by atoms with Gasteiger partial charge in [-0.3, -0.25) is 4.79 Å². The van der Waals surface area contributed by atoms with E-state index in [0.29, 0.717) is 5.56 Å². The van der Waals surface area contributed by atoms with Crippen molar-refractivity contribution in [1.82, 2.24) is 4.72 Å². The molecule has 5 N–H and O–H groups in total. The first-order valence-corrected chi connectivity index (χ1v) is 6.99. The SMILES string of the molecule is NCc1ccc(S(=O)(=O)NCCC(N)=O)cc1Cl. The van der Waals surface area contributed by atoms with Crippen LogP contribution in [0.2, 0.25) is 5.02 Å². The summed E-state index contributed by atoms with van der Waals surface area (Å²) in [7, 11) is -3.69. The van der Waals surface area contributed by atoms with Crippen molar-refractivity contribution in [2.24, 2.45) is 11.5 Å². The lowest BCUT2D eigenvalue weighted by Gasteiger charge is -2.08. The predicted molar refractivity (Wildman–Crippen MR) is 68.3 cm³/mol. The maximum atomic E-state index is 11.8. The molecule has 0 heterocycles. The van der Waals surface area contributed by atoms with E-state index in [9.17, 15) is 13.2 Å². The summed E-state index contributed by atoms with van der Waals surface area (Å²) >= 11 is 5.87. The molecule has 1 aromatic carbocycles. The molecule has 6 nitrogen and oxygen atoms in total. The third-order valence-electron chi connectivity index (χ3n) is 2.22. The first kappa shape index (κ1) is 14.9. The topological polar surface area (TPSA) is 115 Å². The number of rotatable bonds is 6. The first-order chi connectivity index (χ1) is 8.36. The van der Waals surface area contributed by atoms with Crippen LogP contribution in [-0.2, 0) is 21.4 Å². The number of carbonyl (C=O) groups excluding carboxylic acids is 1. The van der Waals surface area contributed by atoms with Crippen LogP contribution < -0.4 is 16.2 Å². The second kappa shape index (κ2) is 6.14. The van der Waals surface area contributed by atoms with E-state index in [1.165, 1.54) is 12.1 Å². The van der Waals surface area contributed by atoms with Gasteiger partial charge in [0.15, 0.2) is 0 Å². The van der Waals surface area contributed by atoms with Crippen LogP contribution in [0.15, 0.2) is 23.1 Å². The largest absolute Gasteiger partial charge is 0.370 e. The molecular weight excluding hydrogens is 278 g/mol. The molecule has 0 saturated heterocycles. The van der Waals surface area contributed by atoms with Crippen LogP contribution in [0.4, 0.5) is 0 Å². The Labute approximate surface area is 110 Å². The molecule has 0 atom stereocenters. The van der Waals surface area contributed by atoms with Gasteiger partial charge in [-0.2, -0.15) is 0 Å². The van der Waals surface area contributed by atoms with Crippen LogP contribution in [0.3, 0.4) is 0 Å². The zero-order valence-corrected chi connectivity index (χ0v) is 11.1. The van der Waals surface area contributed by atoms with Gasteiger partial charge in [-0.1, -0.05) is 17.7 Å². The Kier molecular flexibility index (Phi) is 5.09. The molecule has 0 aromatic heterocycles. The number of benzene rings is 1. The van der Waals surface area contributed by atoms with E-state index in [-0.39, 0.29) is 29.4 Å². The van der Waals surface area contributed by atoms with Gasteiger partial charge in [0, 0.05) is 24.5 Å². The van der Waals surface area contributed by atoms with Crippen LogP contribution in [0.5, 0.6) is 0 Å². The maximum Gasteiger partial charge on any atom is 0.240 e. The molecule has 0 aliphatic carbocycles. The molecule has 0 aliphatic rings. The van der Waals surface area contributed by atoms with Crippen molar-refractivity contribution in [3.63, 3.8) is 0 Å². The van der Waals surface area contributed by atoms with E-state index in [0.717, 1.165) is 0 Å². The summed E-state index contributed by atoms with van der Waals surface area (Å²) < 4.78 is 25.9. The Hall–Kier alpha value is -1.15. The van der Waals surface area contributed by atoms with Gasteiger partial charge in [0.25, 0.3) is 0 Å². The van der Waals surface area contributed by atoms with Crippen LogP contribution in [0.1, 0.15) is 12.0 Å². The molecular formula is C10H14ClN3O3S. The minimum Gasteiger partial charge on any atom is -0.370 e. The predicted octanol–water partition coefficient (Wildman–Crippen LogP) is -0.0476. The lowest BCUT2D eigenvalue weighted by molar-refractivity contribution is -0.117. The van der Waals surface area contributed by atoms with E-state index < -0.39 is 15.9 Å². The Morgan fingerprint density at radius 2 is 2.06 bits per heavy atom. The lowest BCUT2D eigenvalue weighted by Crippen LogP contribution is -2.28. The molecule has 0 radical (unpaired) electrons. The molecule has 1 rings (SSSR count). The molecule has 1 aromatic rings. The van der Waals surface area contributed by atoms with Crippen molar-refractivity contribution >= 4 is 27.5 Å². The fourth-order valence-electron chi connectivity index (χ4n) is 1.25. The normalized spacial score (nSPS) is 11.4. The highest BCUT2D eigenvalue weighted by molar-refractivity contribution is 7.89. The summed E-state index contributed by atoms with van der Waals surface area (Å²) in [5, 5.41) is 0.287. The van der Waals surface area contributed by atoms with Gasteiger partial charge in [-0.25, -0.2) is 13.1 Å². The number of sulfonamides is 1. The van der Waals surface area contributed by atoms with Gasteiger partial charge >= 0.3 is 0 Å². The van der Waals surface area contributed by atoms with Crippen molar-refractivity contribution in [1.29, 1.82) is 0 Å². The molecule has 0 bridgehead atoms. The number of nitrogens with one attached hydrogen (secondary N) is 1. The summed E-state index contributed by atoms with van der Waals surface area (Å²) in [4.78, 5) is 10.5. The number of nitrogens with two attached hydrogens (primary N) is 2. The highest BCUT2D eigenvalue weighted by Gasteiger charge is 2.15. The number of amides is 1. The first-order valence-electron chi connectivity index (χ1n) is 5.13. The molecule has 8 heteroatoms. The summed E-state index contributed by atoms with van der Waals surface area (Å²) in [5.41, 5.74) is 11.0. The molecule has 1 amide bonds. The maximum absolute atomic E-state index is 11.8. The van der Waals surface area contributed by atoms with Crippen molar-refractivity contribution in [3.05, 3.63) is 28.8 Å². The smallest absolute Gasteiger partial charge is 0.240 e. The van der Waals surface area contributed by atoms with Crippen molar-refractivity contribution in [2.75, 3.05) is 6.54 Å². The third-order valence-corrected chi connectivity index (χ3v) is 4.03. The fourth-order valence-corrected chi connectivity index (χ4v) is 2.63. The van der Waals surface area contributed by atoms with Crippen molar-refractivity contribution < 1.29 is 13.2 Å². The van der Waals surface area contributed by atoms with Gasteiger partial charge < -0.3 is 11.5 Å². The number of hydrogen-bond donors (Lipinski definition) is 3. The number of hydrogen-bond acceptors (Lipinski definition) is 4. The van der Waals surface area contributed by atoms with Gasteiger partial charge in [0.1, 0.15) is 0 Å². The van der Waals surface area contributed by atoms with Crippen LogP contribution >= 0.6 is 11.6 Å². The third kappa shape index (κ3) is 3.95. The second-order valence-electron chi connectivity index (χ2n) is 3.57. The highest BCUT2D eigenvalue weighted by Crippen LogP contribution is 2.20. The molecule has 0 saturated carbocycles. The minimum atomic E-state index is -3.69. The standard InChI is InChI=1S/C10H14ClN3O3S/c11-9-5-8(2-1-7(9)6-12)18(16,17)14-4-3-10(13)15/h1-2,5,14H,3-4,6,12H2,(H2,13,15). The molecule has 100 valence electrons. The average molecular weight is 292 g/mol. The minimum absolute atomic E-state index is 0.0224. The van der Waals surface area contributed by atoms with E-state index in [1.807, 2.05) is 0 Å². The van der Waals surface area contributed by atoms with Crippen molar-refractivity contribution in [3.8, 4) is 0 Å².